The van der Waals surface area contributed by atoms with Crippen molar-refractivity contribution in [1.82, 2.24) is 9.97 Å². The minimum Gasteiger partial charge on any atom is -0.351 e. The molecule has 92 valence electrons. The second-order valence-electron chi connectivity index (χ2n) is 5.48. The molecule has 1 aromatic heterocycles. The summed E-state index contributed by atoms with van der Waals surface area (Å²) < 4.78 is 0. The Morgan fingerprint density at radius 3 is 3.00 bits per heavy atom. The maximum absolute atomic E-state index is 4.67. The molecule has 0 radical (unpaired) electrons. The highest BCUT2D eigenvalue weighted by molar-refractivity contribution is 5.33. The molecule has 2 aliphatic rings. The zero-order valence-corrected chi connectivity index (χ0v) is 10.6. The Hall–Kier alpha value is -1.12. The summed E-state index contributed by atoms with van der Waals surface area (Å²) in [5.74, 6) is 1.71. The lowest BCUT2D eigenvalue weighted by Crippen LogP contribution is -2.17. The highest BCUT2D eigenvalue weighted by Gasteiger charge is 2.24. The van der Waals surface area contributed by atoms with Crippen LogP contribution in [0, 0.1) is 5.92 Å². The number of rotatable bonds is 4. The van der Waals surface area contributed by atoms with Gasteiger partial charge >= 0.3 is 0 Å². The summed E-state index contributed by atoms with van der Waals surface area (Å²) in [5.41, 5.74) is 2.67. The van der Waals surface area contributed by atoms with Crippen LogP contribution in [-0.4, -0.2) is 16.0 Å². The molecule has 3 nitrogen and oxygen atoms in total. The normalized spacial score (nSPS) is 23.2. The molecule has 0 aromatic carbocycles. The summed E-state index contributed by atoms with van der Waals surface area (Å²) in [7, 11) is 0. The van der Waals surface area contributed by atoms with E-state index in [1.165, 1.54) is 49.8 Å². The minimum absolute atomic E-state index is 0.643. The zero-order valence-electron chi connectivity index (χ0n) is 10.6. The van der Waals surface area contributed by atoms with E-state index in [2.05, 4.69) is 28.4 Å². The van der Waals surface area contributed by atoms with Crippen LogP contribution < -0.4 is 5.32 Å². The summed E-state index contributed by atoms with van der Waals surface area (Å²) in [6, 6.07) is 0.643. The molecule has 1 saturated carbocycles. The lowest BCUT2D eigenvalue weighted by Gasteiger charge is -2.23. The van der Waals surface area contributed by atoms with Crippen molar-refractivity contribution in [2.24, 2.45) is 5.92 Å². The van der Waals surface area contributed by atoms with Gasteiger partial charge in [0.25, 0.3) is 0 Å². The number of fused-ring (bicyclic) bond motifs is 1. The lowest BCUT2D eigenvalue weighted by atomic mass is 9.85. The standard InChI is InChI=1S/C14H21N3/c1-2-3-10-4-7-13-11(8-10)9-15-14(17-13)16-12-5-6-12/h9-10,12H,2-8H2,1H3,(H,15,16,17). The van der Waals surface area contributed by atoms with Gasteiger partial charge in [-0.2, -0.15) is 0 Å². The Morgan fingerprint density at radius 2 is 2.24 bits per heavy atom. The average molecular weight is 231 g/mol. The smallest absolute Gasteiger partial charge is 0.223 e. The monoisotopic (exact) mass is 231 g/mol. The topological polar surface area (TPSA) is 37.8 Å². The number of hydrogen-bond acceptors (Lipinski definition) is 3. The molecule has 0 spiro atoms. The van der Waals surface area contributed by atoms with Crippen molar-refractivity contribution >= 4 is 5.95 Å². The molecular weight excluding hydrogens is 210 g/mol. The summed E-state index contributed by atoms with van der Waals surface area (Å²) >= 11 is 0. The lowest BCUT2D eigenvalue weighted by molar-refractivity contribution is 0.417. The molecule has 17 heavy (non-hydrogen) atoms. The first kappa shape index (κ1) is 11.0. The predicted octanol–water partition coefficient (Wildman–Crippen LogP) is 2.96. The molecule has 0 bridgehead atoms. The van der Waals surface area contributed by atoms with Crippen molar-refractivity contribution in [3.05, 3.63) is 17.5 Å². The molecule has 1 unspecified atom stereocenters. The highest BCUT2D eigenvalue weighted by Crippen LogP contribution is 2.28. The van der Waals surface area contributed by atoms with E-state index in [1.54, 1.807) is 0 Å². The molecule has 1 N–H and O–H groups in total. The number of aryl methyl sites for hydroxylation is 1. The largest absolute Gasteiger partial charge is 0.351 e. The van der Waals surface area contributed by atoms with Crippen molar-refractivity contribution in [1.29, 1.82) is 0 Å². The Morgan fingerprint density at radius 1 is 1.35 bits per heavy atom. The van der Waals surface area contributed by atoms with Gasteiger partial charge in [0.1, 0.15) is 0 Å². The van der Waals surface area contributed by atoms with Crippen LogP contribution in [0.2, 0.25) is 0 Å². The van der Waals surface area contributed by atoms with Gasteiger partial charge in [0.2, 0.25) is 5.95 Å². The predicted molar refractivity (Wildman–Crippen MR) is 69.1 cm³/mol. The zero-order chi connectivity index (χ0) is 11.7. The molecule has 0 amide bonds. The van der Waals surface area contributed by atoms with Crippen molar-refractivity contribution in [3.63, 3.8) is 0 Å². The average Bonchev–Trinajstić information content (AvgIpc) is 3.14. The van der Waals surface area contributed by atoms with Gasteiger partial charge in [-0.05, 0) is 43.6 Å². The Labute approximate surface area is 103 Å². The molecule has 1 atom stereocenters. The summed E-state index contributed by atoms with van der Waals surface area (Å²) in [6.45, 7) is 2.27. The third-order valence-electron chi connectivity index (χ3n) is 3.86. The maximum atomic E-state index is 4.67. The highest BCUT2D eigenvalue weighted by atomic mass is 15.1. The van der Waals surface area contributed by atoms with E-state index in [4.69, 9.17) is 0 Å². The second kappa shape index (κ2) is 4.63. The van der Waals surface area contributed by atoms with Gasteiger partial charge in [0, 0.05) is 17.9 Å². The van der Waals surface area contributed by atoms with E-state index < -0.39 is 0 Å². The fourth-order valence-electron chi connectivity index (χ4n) is 2.72. The number of nitrogens with one attached hydrogen (secondary N) is 1. The SMILES string of the molecule is CCCC1CCc2nc(NC3CC3)ncc2C1. The van der Waals surface area contributed by atoms with Gasteiger partial charge in [-0.15, -0.1) is 0 Å². The quantitative estimate of drug-likeness (QED) is 0.865. The van der Waals surface area contributed by atoms with E-state index in [-0.39, 0.29) is 0 Å². The number of hydrogen-bond donors (Lipinski definition) is 1. The van der Waals surface area contributed by atoms with Gasteiger partial charge < -0.3 is 5.32 Å². The summed E-state index contributed by atoms with van der Waals surface area (Å²) in [4.78, 5) is 9.11. The van der Waals surface area contributed by atoms with Crippen LogP contribution in [0.25, 0.3) is 0 Å². The molecular formula is C14H21N3. The van der Waals surface area contributed by atoms with Gasteiger partial charge in [-0.3, -0.25) is 0 Å². The van der Waals surface area contributed by atoms with E-state index in [0.29, 0.717) is 6.04 Å². The first-order valence-electron chi connectivity index (χ1n) is 6.96. The summed E-state index contributed by atoms with van der Waals surface area (Å²) in [6.07, 6.45) is 10.9. The van der Waals surface area contributed by atoms with Crippen LogP contribution in [0.15, 0.2) is 6.20 Å². The van der Waals surface area contributed by atoms with Crippen LogP contribution in [0.1, 0.15) is 50.3 Å². The Bertz CT molecular complexity index is 398. The summed E-state index contributed by atoms with van der Waals surface area (Å²) in [5, 5.41) is 3.38. The molecule has 1 fully saturated rings. The molecule has 0 saturated heterocycles. The maximum Gasteiger partial charge on any atom is 0.223 e. The van der Waals surface area contributed by atoms with Crippen LogP contribution in [0.4, 0.5) is 5.95 Å². The van der Waals surface area contributed by atoms with Crippen LogP contribution >= 0.6 is 0 Å². The second-order valence-corrected chi connectivity index (χ2v) is 5.48. The molecule has 3 rings (SSSR count). The van der Waals surface area contributed by atoms with Crippen LogP contribution in [0.3, 0.4) is 0 Å². The number of aromatic nitrogens is 2. The van der Waals surface area contributed by atoms with Crippen molar-refractivity contribution in [2.45, 2.75) is 57.9 Å². The Balaban J connectivity index is 1.71. The van der Waals surface area contributed by atoms with Gasteiger partial charge in [0.05, 0.1) is 0 Å². The van der Waals surface area contributed by atoms with Gasteiger partial charge in [-0.25, -0.2) is 9.97 Å². The van der Waals surface area contributed by atoms with E-state index >= 15 is 0 Å². The molecule has 1 heterocycles. The third-order valence-corrected chi connectivity index (χ3v) is 3.86. The fraction of sp³-hybridized carbons (Fsp3) is 0.714. The van der Waals surface area contributed by atoms with E-state index in [1.807, 2.05) is 0 Å². The molecule has 3 heteroatoms. The van der Waals surface area contributed by atoms with Gasteiger partial charge in [0.15, 0.2) is 0 Å². The third kappa shape index (κ3) is 2.59. The fourth-order valence-corrected chi connectivity index (χ4v) is 2.72. The van der Waals surface area contributed by atoms with Crippen LogP contribution in [0.5, 0.6) is 0 Å². The Kier molecular flexibility index (Phi) is 3.00. The minimum atomic E-state index is 0.643. The van der Waals surface area contributed by atoms with Crippen molar-refractivity contribution in [3.8, 4) is 0 Å². The first-order chi connectivity index (χ1) is 8.35. The van der Waals surface area contributed by atoms with Gasteiger partial charge in [-0.1, -0.05) is 19.8 Å². The molecule has 2 aliphatic carbocycles. The van der Waals surface area contributed by atoms with E-state index in [0.717, 1.165) is 18.3 Å². The van der Waals surface area contributed by atoms with Crippen molar-refractivity contribution in [2.75, 3.05) is 5.32 Å². The number of anilines is 1. The van der Waals surface area contributed by atoms with E-state index in [9.17, 15) is 0 Å². The molecule has 0 aliphatic heterocycles. The molecule has 1 aromatic rings. The first-order valence-corrected chi connectivity index (χ1v) is 6.96. The van der Waals surface area contributed by atoms with Crippen molar-refractivity contribution < 1.29 is 0 Å². The number of nitrogens with zero attached hydrogens (tertiary/aromatic N) is 2. The van der Waals surface area contributed by atoms with Crippen LogP contribution in [-0.2, 0) is 12.8 Å².